The number of methoxy groups -OCH3 is 1. The summed E-state index contributed by atoms with van der Waals surface area (Å²) in [6, 6.07) is 16.2. The number of benzene rings is 2. The number of pyridine rings is 1. The molecular weight excluding hydrogens is 536 g/mol. The first-order valence-electron chi connectivity index (χ1n) is 13.3. The van der Waals surface area contributed by atoms with Crippen LogP contribution in [0, 0.1) is 13.8 Å². The fourth-order valence-corrected chi connectivity index (χ4v) is 6.33. The molecule has 3 aromatic heterocycles. The van der Waals surface area contributed by atoms with Crippen LogP contribution < -0.4 is 9.64 Å². The number of hydrogen-bond acceptors (Lipinski definition) is 7. The van der Waals surface area contributed by atoms with E-state index in [2.05, 4.69) is 25.8 Å². The van der Waals surface area contributed by atoms with E-state index in [0.29, 0.717) is 33.3 Å². The zero-order chi connectivity index (χ0) is 29.2. The molecule has 0 radical (unpaired) electrons. The summed E-state index contributed by atoms with van der Waals surface area (Å²) >= 11 is 1.29. The van der Waals surface area contributed by atoms with Gasteiger partial charge in [0.2, 0.25) is 0 Å². The summed E-state index contributed by atoms with van der Waals surface area (Å²) in [5.41, 5.74) is 4.91. The molecule has 6 rings (SSSR count). The molecule has 1 unspecified atom stereocenters. The average Bonchev–Trinajstić information content (AvgIpc) is 3.60. The first kappa shape index (κ1) is 26.7. The van der Waals surface area contributed by atoms with Gasteiger partial charge in [-0.1, -0.05) is 62.4 Å². The van der Waals surface area contributed by atoms with E-state index in [9.17, 15) is 14.7 Å². The monoisotopic (exact) mass is 566 g/mol. The molecule has 0 aliphatic carbocycles. The zero-order valence-electron chi connectivity index (χ0n) is 23.7. The Kier molecular flexibility index (Phi) is 6.22. The summed E-state index contributed by atoms with van der Waals surface area (Å²) < 4.78 is 8.05. The molecule has 4 heterocycles. The molecular formula is C32H30N4O4S. The van der Waals surface area contributed by atoms with Crippen LogP contribution in [0.1, 0.15) is 54.9 Å². The van der Waals surface area contributed by atoms with Crippen molar-refractivity contribution in [3.05, 3.63) is 94.4 Å². The van der Waals surface area contributed by atoms with Gasteiger partial charge in [0, 0.05) is 6.20 Å². The highest BCUT2D eigenvalue weighted by Crippen LogP contribution is 2.45. The van der Waals surface area contributed by atoms with Gasteiger partial charge in [0.25, 0.3) is 5.78 Å². The van der Waals surface area contributed by atoms with Crippen LogP contribution in [-0.2, 0) is 15.0 Å². The van der Waals surface area contributed by atoms with Crippen molar-refractivity contribution in [2.45, 2.75) is 46.1 Å². The van der Waals surface area contributed by atoms with Crippen LogP contribution in [0.5, 0.6) is 5.75 Å². The number of nitrogens with zero attached hydrogens (tertiary/aromatic N) is 4. The lowest BCUT2D eigenvalue weighted by molar-refractivity contribution is -0.132. The molecule has 1 aliphatic rings. The van der Waals surface area contributed by atoms with Crippen LogP contribution in [-0.4, -0.2) is 38.3 Å². The highest BCUT2D eigenvalue weighted by Gasteiger charge is 2.48. The van der Waals surface area contributed by atoms with E-state index in [1.165, 1.54) is 16.2 Å². The number of carbonyl (C=O) groups is 2. The predicted octanol–water partition coefficient (Wildman–Crippen LogP) is 6.49. The number of ether oxygens (including phenoxy) is 1. The molecule has 1 saturated heterocycles. The van der Waals surface area contributed by atoms with Gasteiger partial charge >= 0.3 is 5.91 Å². The number of hydrogen-bond donors (Lipinski definition) is 1. The number of aliphatic hydroxyl groups is 1. The Balaban J connectivity index is 1.58. The molecule has 0 spiro atoms. The van der Waals surface area contributed by atoms with Crippen molar-refractivity contribution in [2.75, 3.05) is 12.0 Å². The van der Waals surface area contributed by atoms with Gasteiger partial charge in [-0.15, -0.1) is 0 Å². The smallest absolute Gasteiger partial charge is 0.301 e. The molecule has 0 bridgehead atoms. The second-order valence-electron chi connectivity index (χ2n) is 11.3. The largest absolute Gasteiger partial charge is 0.505 e. The molecule has 1 amide bonds. The van der Waals surface area contributed by atoms with Crippen molar-refractivity contribution >= 4 is 49.8 Å². The van der Waals surface area contributed by atoms with Crippen LogP contribution in [0.3, 0.4) is 0 Å². The Hall–Kier alpha value is -4.50. The highest BCUT2D eigenvalue weighted by molar-refractivity contribution is 7.22. The van der Waals surface area contributed by atoms with Crippen LogP contribution in [0.15, 0.2) is 66.4 Å². The maximum Gasteiger partial charge on any atom is 0.301 e. The molecule has 2 aromatic carbocycles. The molecule has 1 aliphatic heterocycles. The van der Waals surface area contributed by atoms with Gasteiger partial charge in [-0.05, 0) is 60.2 Å². The van der Waals surface area contributed by atoms with Gasteiger partial charge in [-0.25, -0.2) is 9.97 Å². The third kappa shape index (κ3) is 4.28. The standard InChI is InChI=1S/C32H30N4O4S/c1-17-8-7-15-35-18(2)25(34-29(17)35)27(37)24-26(19-9-11-20(12-10-19)32(3,4)5)36(30(39)28(24)38)31-33-22-14-13-21(40-6)16-23(22)41-31/h7-16,26,37H,1-6H3. The number of ketones is 1. The molecule has 1 N–H and O–H groups in total. The summed E-state index contributed by atoms with van der Waals surface area (Å²) in [5, 5.41) is 12.1. The Morgan fingerprint density at radius 1 is 1.02 bits per heavy atom. The number of rotatable bonds is 4. The van der Waals surface area contributed by atoms with Crippen LogP contribution in [0.25, 0.3) is 21.6 Å². The molecule has 1 atom stereocenters. The van der Waals surface area contributed by atoms with Crippen molar-refractivity contribution in [1.82, 2.24) is 14.4 Å². The summed E-state index contributed by atoms with van der Waals surface area (Å²) in [7, 11) is 1.59. The number of fused-ring (bicyclic) bond motifs is 2. The molecule has 41 heavy (non-hydrogen) atoms. The number of carbonyl (C=O) groups excluding carboxylic acids is 2. The minimum absolute atomic E-state index is 0.0143. The minimum atomic E-state index is -0.892. The first-order chi connectivity index (χ1) is 19.5. The number of Topliss-reactive ketones (excluding diaryl/α,β-unsaturated/α-hetero) is 1. The lowest BCUT2D eigenvalue weighted by Gasteiger charge is -2.24. The van der Waals surface area contributed by atoms with Crippen molar-refractivity contribution in [1.29, 1.82) is 0 Å². The van der Waals surface area contributed by atoms with Crippen LogP contribution in [0.4, 0.5) is 5.13 Å². The molecule has 9 heteroatoms. The van der Waals surface area contributed by atoms with Gasteiger partial charge in [0.15, 0.2) is 10.9 Å². The van der Waals surface area contributed by atoms with E-state index >= 15 is 0 Å². The lowest BCUT2D eigenvalue weighted by Crippen LogP contribution is -2.29. The van der Waals surface area contributed by atoms with Crippen LogP contribution in [0.2, 0.25) is 0 Å². The third-order valence-corrected chi connectivity index (χ3v) is 8.65. The molecule has 208 valence electrons. The summed E-state index contributed by atoms with van der Waals surface area (Å²) in [4.78, 5) is 38.3. The number of anilines is 1. The SMILES string of the molecule is COc1ccc2nc(N3C(=O)C(=O)C(=C(O)c4nc5c(C)cccn5c4C)C3c3ccc(C(C)(C)C)cc3)sc2c1. The van der Waals surface area contributed by atoms with E-state index in [1.54, 1.807) is 13.2 Å². The van der Waals surface area contributed by atoms with E-state index in [-0.39, 0.29) is 22.4 Å². The number of thiazole rings is 1. The maximum atomic E-state index is 13.7. The number of aliphatic hydroxyl groups excluding tert-OH is 1. The van der Waals surface area contributed by atoms with Gasteiger partial charge < -0.3 is 14.2 Å². The fourth-order valence-electron chi connectivity index (χ4n) is 5.31. The minimum Gasteiger partial charge on any atom is -0.505 e. The second-order valence-corrected chi connectivity index (χ2v) is 12.3. The zero-order valence-corrected chi connectivity index (χ0v) is 24.5. The molecule has 0 saturated carbocycles. The van der Waals surface area contributed by atoms with Crippen LogP contribution >= 0.6 is 11.3 Å². The van der Waals surface area contributed by atoms with Gasteiger partial charge in [0.05, 0.1) is 34.6 Å². The van der Waals surface area contributed by atoms with E-state index in [1.807, 2.05) is 73.0 Å². The summed E-state index contributed by atoms with van der Waals surface area (Å²) in [6.45, 7) is 10.1. The number of aryl methyl sites for hydroxylation is 2. The Labute approximate surface area is 241 Å². The third-order valence-electron chi connectivity index (χ3n) is 7.64. The van der Waals surface area contributed by atoms with Gasteiger partial charge in [0.1, 0.15) is 17.1 Å². The first-order valence-corrected chi connectivity index (χ1v) is 14.1. The predicted molar refractivity (Wildman–Crippen MR) is 161 cm³/mol. The normalized spacial score (nSPS) is 17.2. The average molecular weight is 567 g/mol. The van der Waals surface area contributed by atoms with Crippen molar-refractivity contribution in [2.24, 2.45) is 0 Å². The lowest BCUT2D eigenvalue weighted by atomic mass is 9.85. The van der Waals surface area contributed by atoms with E-state index in [4.69, 9.17) is 9.72 Å². The maximum absolute atomic E-state index is 13.7. The summed E-state index contributed by atoms with van der Waals surface area (Å²) in [5.74, 6) is -1.17. The molecule has 1 fully saturated rings. The van der Waals surface area contributed by atoms with Gasteiger partial charge in [-0.2, -0.15) is 0 Å². The number of aromatic nitrogens is 3. The van der Waals surface area contributed by atoms with Crippen molar-refractivity contribution < 1.29 is 19.4 Å². The number of amides is 1. The Bertz CT molecular complexity index is 1890. The van der Waals surface area contributed by atoms with Crippen molar-refractivity contribution in [3.63, 3.8) is 0 Å². The quantitative estimate of drug-likeness (QED) is 0.152. The summed E-state index contributed by atoms with van der Waals surface area (Å²) in [6.07, 6.45) is 1.86. The molecule has 8 nitrogen and oxygen atoms in total. The molecule has 5 aromatic rings. The Morgan fingerprint density at radius 2 is 1.76 bits per heavy atom. The second kappa shape index (κ2) is 9.55. The van der Waals surface area contributed by atoms with Crippen molar-refractivity contribution in [3.8, 4) is 5.75 Å². The highest BCUT2D eigenvalue weighted by atomic mass is 32.1. The topological polar surface area (TPSA) is 97.0 Å². The van der Waals surface area contributed by atoms with Gasteiger partial charge in [-0.3, -0.25) is 14.5 Å². The Morgan fingerprint density at radius 3 is 2.41 bits per heavy atom. The van der Waals surface area contributed by atoms with E-state index < -0.39 is 17.7 Å². The van der Waals surface area contributed by atoms with E-state index in [0.717, 1.165) is 15.8 Å². The number of imidazole rings is 1. The fraction of sp³-hybridized carbons (Fsp3) is 0.250.